The molecule has 1 aliphatic heterocycles. The van der Waals surface area contributed by atoms with Gasteiger partial charge in [-0.2, -0.15) is 0 Å². The predicted octanol–water partition coefficient (Wildman–Crippen LogP) is 5.50. The fraction of sp³-hybridized carbons (Fsp3) is 0.455. The fourth-order valence-corrected chi connectivity index (χ4v) is 4.20. The first kappa shape index (κ1) is 16.3. The van der Waals surface area contributed by atoms with E-state index < -0.39 is 0 Å². The average Bonchev–Trinajstić information content (AvgIpc) is 2.53. The molecule has 0 N–H and O–H groups in total. The van der Waals surface area contributed by atoms with Crippen molar-refractivity contribution in [2.45, 2.75) is 53.0 Å². The van der Waals surface area contributed by atoms with Gasteiger partial charge in [-0.3, -0.25) is 4.90 Å². The van der Waals surface area contributed by atoms with Crippen molar-refractivity contribution in [3.05, 3.63) is 69.8 Å². The van der Waals surface area contributed by atoms with Crippen LogP contribution in [-0.4, -0.2) is 18.0 Å². The van der Waals surface area contributed by atoms with Gasteiger partial charge in [-0.25, -0.2) is 0 Å². The van der Waals surface area contributed by atoms with Crippen LogP contribution in [-0.2, 0) is 0 Å². The number of rotatable bonds is 3. The van der Waals surface area contributed by atoms with Gasteiger partial charge in [0.05, 0.1) is 6.04 Å². The molecular weight excluding hydrogens is 278 g/mol. The minimum atomic E-state index is 0.401. The molecular formula is C22H29N. The Morgan fingerprint density at radius 2 is 1.04 bits per heavy atom. The van der Waals surface area contributed by atoms with Crippen molar-refractivity contribution in [1.82, 2.24) is 4.90 Å². The third-order valence-corrected chi connectivity index (χ3v) is 5.39. The van der Waals surface area contributed by atoms with Gasteiger partial charge >= 0.3 is 0 Å². The summed E-state index contributed by atoms with van der Waals surface area (Å²) in [6.45, 7) is 11.5. The Morgan fingerprint density at radius 1 is 0.652 bits per heavy atom. The van der Waals surface area contributed by atoms with Crippen LogP contribution >= 0.6 is 0 Å². The van der Waals surface area contributed by atoms with Crippen LogP contribution in [0, 0.1) is 27.7 Å². The van der Waals surface area contributed by atoms with E-state index in [2.05, 4.69) is 69.0 Å². The van der Waals surface area contributed by atoms with E-state index in [9.17, 15) is 0 Å². The Balaban J connectivity index is 2.18. The highest BCUT2D eigenvalue weighted by Gasteiger charge is 2.28. The van der Waals surface area contributed by atoms with Gasteiger partial charge in [-0.05, 0) is 87.0 Å². The number of benzene rings is 2. The monoisotopic (exact) mass is 307 g/mol. The summed E-state index contributed by atoms with van der Waals surface area (Å²) in [6, 6.07) is 13.9. The first-order valence-electron chi connectivity index (χ1n) is 8.96. The summed E-state index contributed by atoms with van der Waals surface area (Å²) in [6.07, 6.45) is 4.03. The number of nitrogens with zero attached hydrogens (tertiary/aromatic N) is 1. The molecule has 0 aromatic heterocycles. The average molecular weight is 307 g/mol. The maximum absolute atomic E-state index is 2.72. The number of aryl methyl sites for hydroxylation is 4. The standard InChI is InChI=1S/C22H29N/c1-16-10-8-11-17(2)20(16)22(23-14-6-5-7-15-23)21-18(3)12-9-13-19(21)4/h8-13,22H,5-7,14-15H2,1-4H3. The molecule has 0 atom stereocenters. The Kier molecular flexibility index (Phi) is 4.87. The number of hydrogen-bond acceptors (Lipinski definition) is 1. The zero-order valence-corrected chi connectivity index (χ0v) is 15.0. The molecule has 2 aromatic carbocycles. The second kappa shape index (κ2) is 6.88. The number of hydrogen-bond donors (Lipinski definition) is 0. The highest BCUT2D eigenvalue weighted by atomic mass is 15.2. The van der Waals surface area contributed by atoms with Crippen LogP contribution in [0.3, 0.4) is 0 Å². The smallest absolute Gasteiger partial charge is 0.0612 e. The minimum absolute atomic E-state index is 0.401. The zero-order valence-electron chi connectivity index (χ0n) is 15.0. The highest BCUT2D eigenvalue weighted by Crippen LogP contribution is 2.37. The van der Waals surface area contributed by atoms with Crippen molar-refractivity contribution >= 4 is 0 Å². The largest absolute Gasteiger partial charge is 0.292 e. The summed E-state index contributed by atoms with van der Waals surface area (Å²) in [5, 5.41) is 0. The molecule has 122 valence electrons. The van der Waals surface area contributed by atoms with Crippen molar-refractivity contribution in [3.63, 3.8) is 0 Å². The normalized spacial score (nSPS) is 16.0. The Hall–Kier alpha value is -1.60. The lowest BCUT2D eigenvalue weighted by atomic mass is 9.85. The van der Waals surface area contributed by atoms with Crippen molar-refractivity contribution in [2.75, 3.05) is 13.1 Å². The molecule has 0 spiro atoms. The van der Waals surface area contributed by atoms with E-state index >= 15 is 0 Å². The Bertz CT molecular complexity index is 588. The van der Waals surface area contributed by atoms with E-state index in [1.54, 1.807) is 0 Å². The van der Waals surface area contributed by atoms with Crippen molar-refractivity contribution in [1.29, 1.82) is 0 Å². The molecule has 3 rings (SSSR count). The third-order valence-electron chi connectivity index (χ3n) is 5.39. The quantitative estimate of drug-likeness (QED) is 0.724. The summed E-state index contributed by atoms with van der Waals surface area (Å²) >= 11 is 0. The van der Waals surface area contributed by atoms with Gasteiger partial charge in [0, 0.05) is 0 Å². The van der Waals surface area contributed by atoms with Gasteiger partial charge in [-0.1, -0.05) is 42.8 Å². The molecule has 1 heteroatoms. The molecule has 0 aliphatic carbocycles. The Labute approximate surface area is 141 Å². The lowest BCUT2D eigenvalue weighted by molar-refractivity contribution is 0.185. The van der Waals surface area contributed by atoms with Gasteiger partial charge in [0.15, 0.2) is 0 Å². The summed E-state index contributed by atoms with van der Waals surface area (Å²) in [5.74, 6) is 0. The van der Waals surface area contributed by atoms with Crippen LogP contribution in [0.1, 0.15) is 58.7 Å². The zero-order chi connectivity index (χ0) is 16.4. The highest BCUT2D eigenvalue weighted by molar-refractivity contribution is 5.47. The van der Waals surface area contributed by atoms with E-state index in [1.807, 2.05) is 0 Å². The lowest BCUT2D eigenvalue weighted by Crippen LogP contribution is -2.35. The number of piperidine rings is 1. The number of likely N-dealkylation sites (tertiary alicyclic amines) is 1. The fourth-order valence-electron chi connectivity index (χ4n) is 4.20. The molecule has 1 heterocycles. The summed E-state index contributed by atoms with van der Waals surface area (Å²) in [5.41, 5.74) is 8.72. The van der Waals surface area contributed by atoms with Crippen LogP contribution in [0.5, 0.6) is 0 Å². The molecule has 0 radical (unpaired) electrons. The third kappa shape index (κ3) is 3.21. The van der Waals surface area contributed by atoms with Crippen molar-refractivity contribution in [3.8, 4) is 0 Å². The SMILES string of the molecule is Cc1cccc(C)c1C(c1c(C)cccc1C)N1CCCCC1. The second-order valence-corrected chi connectivity index (χ2v) is 7.11. The second-order valence-electron chi connectivity index (χ2n) is 7.11. The van der Waals surface area contributed by atoms with E-state index in [0.717, 1.165) is 0 Å². The van der Waals surface area contributed by atoms with Gasteiger partial charge in [0.25, 0.3) is 0 Å². The van der Waals surface area contributed by atoms with Gasteiger partial charge < -0.3 is 0 Å². The molecule has 1 aliphatic rings. The van der Waals surface area contributed by atoms with Crippen LogP contribution < -0.4 is 0 Å². The molecule has 2 aromatic rings. The van der Waals surface area contributed by atoms with E-state index in [0.29, 0.717) is 6.04 Å². The lowest BCUT2D eigenvalue weighted by Gasteiger charge is -2.38. The van der Waals surface area contributed by atoms with E-state index in [1.165, 1.54) is 65.7 Å². The molecule has 1 fully saturated rings. The van der Waals surface area contributed by atoms with Gasteiger partial charge in [0.2, 0.25) is 0 Å². The molecule has 0 bridgehead atoms. The van der Waals surface area contributed by atoms with Crippen molar-refractivity contribution < 1.29 is 0 Å². The summed E-state index contributed by atoms with van der Waals surface area (Å²) in [4.78, 5) is 2.72. The Morgan fingerprint density at radius 3 is 1.43 bits per heavy atom. The topological polar surface area (TPSA) is 3.24 Å². The van der Waals surface area contributed by atoms with Crippen LogP contribution in [0.25, 0.3) is 0 Å². The van der Waals surface area contributed by atoms with Crippen LogP contribution in [0.4, 0.5) is 0 Å². The molecule has 0 saturated carbocycles. The molecule has 23 heavy (non-hydrogen) atoms. The minimum Gasteiger partial charge on any atom is -0.292 e. The molecule has 0 amide bonds. The van der Waals surface area contributed by atoms with Crippen LogP contribution in [0.2, 0.25) is 0 Å². The van der Waals surface area contributed by atoms with Gasteiger partial charge in [0.1, 0.15) is 0 Å². The first-order chi connectivity index (χ1) is 11.1. The maximum atomic E-state index is 2.72. The molecule has 0 unspecified atom stereocenters. The maximum Gasteiger partial charge on any atom is 0.0612 e. The predicted molar refractivity (Wildman–Crippen MR) is 99.1 cm³/mol. The van der Waals surface area contributed by atoms with Gasteiger partial charge in [-0.15, -0.1) is 0 Å². The van der Waals surface area contributed by atoms with E-state index in [4.69, 9.17) is 0 Å². The van der Waals surface area contributed by atoms with E-state index in [-0.39, 0.29) is 0 Å². The summed E-state index contributed by atoms with van der Waals surface area (Å²) in [7, 11) is 0. The molecule has 1 nitrogen and oxygen atoms in total. The molecule has 1 saturated heterocycles. The first-order valence-corrected chi connectivity index (χ1v) is 8.96. The van der Waals surface area contributed by atoms with Crippen molar-refractivity contribution in [2.24, 2.45) is 0 Å². The summed E-state index contributed by atoms with van der Waals surface area (Å²) < 4.78 is 0. The van der Waals surface area contributed by atoms with Crippen LogP contribution in [0.15, 0.2) is 36.4 Å².